The Bertz CT molecular complexity index is 563. The van der Waals surface area contributed by atoms with Crippen LogP contribution in [0.15, 0.2) is 18.3 Å². The molecule has 2 aliphatic heterocycles. The number of likely N-dealkylation sites (tertiary alicyclic amines) is 1. The van der Waals surface area contributed by atoms with Gasteiger partial charge in [-0.3, -0.25) is 4.98 Å². The van der Waals surface area contributed by atoms with E-state index in [0.29, 0.717) is 6.54 Å². The van der Waals surface area contributed by atoms with E-state index in [0.717, 1.165) is 43.1 Å². The van der Waals surface area contributed by atoms with Crippen molar-refractivity contribution < 1.29 is 4.79 Å². The fraction of sp³-hybridized carbons (Fsp3) is 0.684. The Kier molecular flexibility index (Phi) is 6.26. The van der Waals surface area contributed by atoms with Crippen LogP contribution in [-0.2, 0) is 6.54 Å². The highest BCUT2D eigenvalue weighted by atomic mass is 16.2. The lowest BCUT2D eigenvalue weighted by Gasteiger charge is -2.37. The highest BCUT2D eigenvalue weighted by Gasteiger charge is 2.25. The van der Waals surface area contributed by atoms with Crippen LogP contribution in [0.5, 0.6) is 0 Å². The van der Waals surface area contributed by atoms with Gasteiger partial charge in [0.05, 0.1) is 12.2 Å². The molecule has 0 atom stereocenters. The molecule has 1 aromatic rings. The summed E-state index contributed by atoms with van der Waals surface area (Å²) in [4.78, 5) is 23.7. The fourth-order valence-corrected chi connectivity index (χ4v) is 3.69. The zero-order valence-electron chi connectivity index (χ0n) is 15.6. The molecule has 2 aliphatic rings. The van der Waals surface area contributed by atoms with Gasteiger partial charge < -0.3 is 20.0 Å². The maximum atomic E-state index is 12.4. The van der Waals surface area contributed by atoms with Gasteiger partial charge in [-0.2, -0.15) is 0 Å². The van der Waals surface area contributed by atoms with Crippen LogP contribution >= 0.6 is 0 Å². The van der Waals surface area contributed by atoms with E-state index in [-0.39, 0.29) is 6.03 Å². The molecular formula is C19H31N5O. The van der Waals surface area contributed by atoms with Crippen molar-refractivity contribution in [2.45, 2.75) is 26.3 Å². The van der Waals surface area contributed by atoms with E-state index in [1.807, 2.05) is 24.0 Å². The molecule has 0 bridgehead atoms. The lowest BCUT2D eigenvalue weighted by Crippen LogP contribution is -2.49. The second-order valence-corrected chi connectivity index (χ2v) is 7.46. The average molecular weight is 345 g/mol. The van der Waals surface area contributed by atoms with E-state index >= 15 is 0 Å². The second kappa shape index (κ2) is 8.63. The summed E-state index contributed by atoms with van der Waals surface area (Å²) >= 11 is 0. The summed E-state index contributed by atoms with van der Waals surface area (Å²) in [5.74, 6) is 0.727. The van der Waals surface area contributed by atoms with Crippen molar-refractivity contribution >= 4 is 6.03 Å². The fourth-order valence-electron chi connectivity index (χ4n) is 3.69. The van der Waals surface area contributed by atoms with Crippen LogP contribution in [0, 0.1) is 12.8 Å². The molecule has 3 heterocycles. The number of aromatic nitrogens is 1. The normalized spacial score (nSPS) is 20.6. The Hall–Kier alpha value is -1.66. The third kappa shape index (κ3) is 5.16. The van der Waals surface area contributed by atoms with Gasteiger partial charge in [0.1, 0.15) is 0 Å². The Morgan fingerprint density at radius 3 is 2.60 bits per heavy atom. The van der Waals surface area contributed by atoms with E-state index in [2.05, 4.69) is 27.1 Å². The lowest BCUT2D eigenvalue weighted by atomic mass is 9.96. The zero-order valence-corrected chi connectivity index (χ0v) is 15.6. The van der Waals surface area contributed by atoms with Gasteiger partial charge in [-0.25, -0.2) is 4.79 Å². The maximum Gasteiger partial charge on any atom is 0.317 e. The van der Waals surface area contributed by atoms with Crippen molar-refractivity contribution in [3.8, 4) is 0 Å². The molecule has 138 valence electrons. The summed E-state index contributed by atoms with van der Waals surface area (Å²) in [5, 5.41) is 3.02. The molecule has 25 heavy (non-hydrogen) atoms. The number of nitrogens with one attached hydrogen (secondary N) is 1. The number of carbonyl (C=O) groups excluding carboxylic acids is 1. The average Bonchev–Trinajstić information content (AvgIpc) is 2.63. The molecule has 0 unspecified atom stereocenters. The molecule has 1 aromatic heterocycles. The summed E-state index contributed by atoms with van der Waals surface area (Å²) in [6, 6.07) is 3.99. The minimum atomic E-state index is 0.0445. The molecule has 2 fully saturated rings. The first-order chi connectivity index (χ1) is 12.1. The number of nitrogens with zero attached hydrogens (tertiary/aromatic N) is 4. The monoisotopic (exact) mass is 345 g/mol. The molecule has 1 N–H and O–H groups in total. The molecule has 0 radical (unpaired) electrons. The number of pyridine rings is 1. The van der Waals surface area contributed by atoms with Crippen molar-refractivity contribution in [1.82, 2.24) is 25.0 Å². The predicted octanol–water partition coefficient (Wildman–Crippen LogP) is 1.56. The van der Waals surface area contributed by atoms with Gasteiger partial charge in [0.2, 0.25) is 0 Å². The van der Waals surface area contributed by atoms with Gasteiger partial charge in [-0.05, 0) is 44.4 Å². The molecule has 3 rings (SSSR count). The van der Waals surface area contributed by atoms with E-state index in [1.165, 1.54) is 32.7 Å². The molecule has 6 nitrogen and oxygen atoms in total. The zero-order chi connectivity index (χ0) is 17.6. The smallest absolute Gasteiger partial charge is 0.317 e. The first kappa shape index (κ1) is 18.1. The van der Waals surface area contributed by atoms with E-state index in [4.69, 9.17) is 0 Å². The van der Waals surface area contributed by atoms with Gasteiger partial charge in [-0.15, -0.1) is 0 Å². The van der Waals surface area contributed by atoms with Gasteiger partial charge in [0.25, 0.3) is 0 Å². The Morgan fingerprint density at radius 2 is 1.92 bits per heavy atom. The summed E-state index contributed by atoms with van der Waals surface area (Å²) in [6.45, 7) is 10.2. The van der Waals surface area contributed by atoms with E-state index in [9.17, 15) is 4.79 Å². The van der Waals surface area contributed by atoms with Crippen LogP contribution in [0.25, 0.3) is 0 Å². The quantitative estimate of drug-likeness (QED) is 0.900. The first-order valence-corrected chi connectivity index (χ1v) is 9.46. The summed E-state index contributed by atoms with van der Waals surface area (Å²) < 4.78 is 0. The minimum Gasteiger partial charge on any atom is -0.332 e. The number of urea groups is 1. The maximum absolute atomic E-state index is 12.4. The molecular weight excluding hydrogens is 314 g/mol. The molecule has 2 amide bonds. The number of amides is 2. The highest BCUT2D eigenvalue weighted by Crippen LogP contribution is 2.19. The topological polar surface area (TPSA) is 51.7 Å². The van der Waals surface area contributed by atoms with Crippen molar-refractivity contribution in [3.63, 3.8) is 0 Å². The number of likely N-dealkylation sites (N-methyl/N-ethyl adjacent to an activating group) is 1. The van der Waals surface area contributed by atoms with Crippen LogP contribution in [-0.4, -0.2) is 78.6 Å². The Balaban J connectivity index is 1.38. The Labute approximate surface area is 151 Å². The Morgan fingerprint density at radius 1 is 1.20 bits per heavy atom. The molecule has 0 aromatic carbocycles. The third-order valence-electron chi connectivity index (χ3n) is 5.54. The molecule has 6 heteroatoms. The number of hydrogen-bond donors (Lipinski definition) is 1. The summed E-state index contributed by atoms with van der Waals surface area (Å²) in [7, 11) is 2.20. The standard InChI is InChI=1S/C19H31N5O/c1-16-4-3-7-20-18(16)14-21-19(25)24-8-5-17(6-9-24)15-23-12-10-22(2)11-13-23/h3-4,7,17H,5-6,8-15H2,1-2H3,(H,21,25). The number of hydrogen-bond acceptors (Lipinski definition) is 4. The van der Waals surface area contributed by atoms with Crippen LogP contribution in [0.2, 0.25) is 0 Å². The molecule has 0 spiro atoms. The largest absolute Gasteiger partial charge is 0.332 e. The molecule has 2 saturated heterocycles. The molecule has 0 aliphatic carbocycles. The highest BCUT2D eigenvalue weighted by molar-refractivity contribution is 5.74. The van der Waals surface area contributed by atoms with Crippen LogP contribution in [0.4, 0.5) is 4.79 Å². The third-order valence-corrected chi connectivity index (χ3v) is 5.54. The van der Waals surface area contributed by atoms with Gasteiger partial charge in [0, 0.05) is 52.0 Å². The van der Waals surface area contributed by atoms with Crippen molar-refractivity contribution in [2.75, 3.05) is 52.9 Å². The van der Waals surface area contributed by atoms with Crippen molar-refractivity contribution in [2.24, 2.45) is 5.92 Å². The SMILES string of the molecule is Cc1cccnc1CNC(=O)N1CCC(CN2CCN(C)CC2)CC1. The van der Waals surface area contributed by atoms with Crippen LogP contribution < -0.4 is 5.32 Å². The number of rotatable bonds is 4. The summed E-state index contributed by atoms with van der Waals surface area (Å²) in [5.41, 5.74) is 2.06. The van der Waals surface area contributed by atoms with Crippen molar-refractivity contribution in [3.05, 3.63) is 29.6 Å². The minimum absolute atomic E-state index is 0.0445. The number of carbonyl (C=O) groups is 1. The first-order valence-electron chi connectivity index (χ1n) is 9.46. The number of piperidine rings is 1. The van der Waals surface area contributed by atoms with Gasteiger partial charge >= 0.3 is 6.03 Å². The number of piperazine rings is 1. The van der Waals surface area contributed by atoms with Crippen LogP contribution in [0.1, 0.15) is 24.1 Å². The predicted molar refractivity (Wildman–Crippen MR) is 99.4 cm³/mol. The van der Waals surface area contributed by atoms with E-state index in [1.54, 1.807) is 6.20 Å². The molecule has 0 saturated carbocycles. The second-order valence-electron chi connectivity index (χ2n) is 7.46. The van der Waals surface area contributed by atoms with E-state index < -0.39 is 0 Å². The summed E-state index contributed by atoms with van der Waals surface area (Å²) in [6.07, 6.45) is 4.00. The van der Waals surface area contributed by atoms with Gasteiger partial charge in [0.15, 0.2) is 0 Å². The lowest BCUT2D eigenvalue weighted by molar-refractivity contribution is 0.111. The van der Waals surface area contributed by atoms with Crippen molar-refractivity contribution in [1.29, 1.82) is 0 Å². The van der Waals surface area contributed by atoms with Gasteiger partial charge in [-0.1, -0.05) is 6.07 Å². The van der Waals surface area contributed by atoms with Crippen LogP contribution in [0.3, 0.4) is 0 Å². The number of aryl methyl sites for hydroxylation is 1.